The van der Waals surface area contributed by atoms with E-state index in [1.807, 2.05) is 11.3 Å². The molecule has 0 bridgehead atoms. The number of hydrogen-bond donors (Lipinski definition) is 1. The summed E-state index contributed by atoms with van der Waals surface area (Å²) in [5.74, 6) is 2.09. The molecule has 0 radical (unpaired) electrons. The molecular weight excluding hydrogens is 276 g/mol. The Morgan fingerprint density at radius 3 is 2.33 bits per heavy atom. The van der Waals surface area contributed by atoms with Crippen LogP contribution in [0.15, 0.2) is 0 Å². The summed E-state index contributed by atoms with van der Waals surface area (Å²) in [6.07, 6.45) is 7.13. The van der Waals surface area contributed by atoms with Gasteiger partial charge >= 0.3 is 0 Å². The maximum absolute atomic E-state index is 6.76. The topological polar surface area (TPSA) is 38.9 Å². The second-order valence-corrected chi connectivity index (χ2v) is 8.62. The number of nitrogens with two attached hydrogens (primary N) is 1. The zero-order chi connectivity index (χ0) is 15.6. The minimum Gasteiger partial charge on any atom is -0.319 e. The van der Waals surface area contributed by atoms with Crippen molar-refractivity contribution in [1.29, 1.82) is 0 Å². The number of aromatic nitrogens is 1. The molecule has 1 aliphatic rings. The van der Waals surface area contributed by atoms with Gasteiger partial charge in [-0.05, 0) is 49.9 Å². The minimum atomic E-state index is -0.158. The molecule has 0 spiro atoms. The van der Waals surface area contributed by atoms with Gasteiger partial charge in [0.25, 0.3) is 0 Å². The largest absolute Gasteiger partial charge is 0.319 e. The minimum absolute atomic E-state index is 0.158. The Hall–Kier alpha value is -0.410. The smallest absolute Gasteiger partial charge is 0.113 e. The van der Waals surface area contributed by atoms with Crippen LogP contribution >= 0.6 is 11.3 Å². The van der Waals surface area contributed by atoms with Gasteiger partial charge in [-0.25, -0.2) is 4.98 Å². The standard InChI is InChI=1S/C18H32N2S/c1-6-14-7-9-18(19,10-8-14)17-20-15(11-12(2)3)16(21-17)13(4)5/h12-14H,6-11,19H2,1-5H3. The van der Waals surface area contributed by atoms with E-state index in [0.717, 1.165) is 25.2 Å². The van der Waals surface area contributed by atoms with Crippen LogP contribution in [0.2, 0.25) is 0 Å². The van der Waals surface area contributed by atoms with E-state index in [2.05, 4.69) is 34.6 Å². The van der Waals surface area contributed by atoms with Gasteiger partial charge in [0.15, 0.2) is 0 Å². The van der Waals surface area contributed by atoms with Crippen LogP contribution in [0.5, 0.6) is 0 Å². The maximum atomic E-state index is 6.76. The molecule has 1 saturated carbocycles. The Balaban J connectivity index is 2.23. The van der Waals surface area contributed by atoms with Crippen LogP contribution in [0.4, 0.5) is 0 Å². The van der Waals surface area contributed by atoms with Gasteiger partial charge in [-0.2, -0.15) is 0 Å². The van der Waals surface area contributed by atoms with Crippen LogP contribution in [0, 0.1) is 11.8 Å². The highest BCUT2D eigenvalue weighted by Gasteiger charge is 2.36. The highest BCUT2D eigenvalue weighted by Crippen LogP contribution is 2.42. The molecule has 2 rings (SSSR count). The van der Waals surface area contributed by atoms with Crippen molar-refractivity contribution in [2.24, 2.45) is 17.6 Å². The van der Waals surface area contributed by atoms with E-state index >= 15 is 0 Å². The van der Waals surface area contributed by atoms with Gasteiger partial charge in [0.1, 0.15) is 5.01 Å². The van der Waals surface area contributed by atoms with Crippen LogP contribution in [0.3, 0.4) is 0 Å². The fourth-order valence-corrected chi connectivity index (χ4v) is 4.63. The summed E-state index contributed by atoms with van der Waals surface area (Å²) in [7, 11) is 0. The summed E-state index contributed by atoms with van der Waals surface area (Å²) >= 11 is 1.89. The van der Waals surface area contributed by atoms with Crippen molar-refractivity contribution in [3.8, 4) is 0 Å². The molecular formula is C18H32N2S. The first-order chi connectivity index (χ1) is 9.85. The number of hydrogen-bond acceptors (Lipinski definition) is 3. The monoisotopic (exact) mass is 308 g/mol. The molecule has 3 heteroatoms. The van der Waals surface area contributed by atoms with Gasteiger partial charge in [0.2, 0.25) is 0 Å². The fraction of sp³-hybridized carbons (Fsp3) is 0.833. The molecule has 0 aliphatic heterocycles. The van der Waals surface area contributed by atoms with Crippen LogP contribution in [-0.2, 0) is 12.0 Å². The van der Waals surface area contributed by atoms with Gasteiger partial charge in [-0.1, -0.05) is 41.0 Å². The van der Waals surface area contributed by atoms with Crippen LogP contribution in [0.25, 0.3) is 0 Å². The van der Waals surface area contributed by atoms with Crippen molar-refractivity contribution >= 4 is 11.3 Å². The average molecular weight is 309 g/mol. The summed E-state index contributed by atoms with van der Waals surface area (Å²) < 4.78 is 0. The highest BCUT2D eigenvalue weighted by atomic mass is 32.1. The molecule has 0 saturated heterocycles. The van der Waals surface area contributed by atoms with Gasteiger partial charge in [-0.3, -0.25) is 0 Å². The van der Waals surface area contributed by atoms with E-state index in [4.69, 9.17) is 10.7 Å². The molecule has 0 unspecified atom stereocenters. The summed E-state index contributed by atoms with van der Waals surface area (Å²) in [5.41, 5.74) is 7.91. The van der Waals surface area contributed by atoms with Crippen molar-refractivity contribution in [2.75, 3.05) is 0 Å². The van der Waals surface area contributed by atoms with E-state index in [-0.39, 0.29) is 5.54 Å². The van der Waals surface area contributed by atoms with Crippen molar-refractivity contribution in [3.05, 3.63) is 15.6 Å². The van der Waals surface area contributed by atoms with E-state index in [1.165, 1.54) is 34.8 Å². The molecule has 1 fully saturated rings. The average Bonchev–Trinajstić information content (AvgIpc) is 2.83. The van der Waals surface area contributed by atoms with Gasteiger partial charge in [-0.15, -0.1) is 11.3 Å². The lowest BCUT2D eigenvalue weighted by Crippen LogP contribution is -2.40. The highest BCUT2D eigenvalue weighted by molar-refractivity contribution is 7.12. The number of rotatable bonds is 5. The molecule has 2 nitrogen and oxygen atoms in total. The predicted octanol–water partition coefficient (Wildman–Crippen LogP) is 5.22. The van der Waals surface area contributed by atoms with Gasteiger partial charge in [0.05, 0.1) is 11.2 Å². The zero-order valence-electron chi connectivity index (χ0n) is 14.4. The quantitative estimate of drug-likeness (QED) is 0.810. The van der Waals surface area contributed by atoms with Crippen LogP contribution < -0.4 is 5.73 Å². The fourth-order valence-electron chi connectivity index (χ4n) is 3.38. The second kappa shape index (κ2) is 6.78. The summed E-state index contributed by atoms with van der Waals surface area (Å²) in [6, 6.07) is 0. The molecule has 0 atom stereocenters. The maximum Gasteiger partial charge on any atom is 0.113 e. The molecule has 1 aromatic heterocycles. The van der Waals surface area contributed by atoms with E-state index in [9.17, 15) is 0 Å². The third-order valence-corrected chi connectivity index (χ3v) is 6.47. The second-order valence-electron chi connectivity index (χ2n) is 7.59. The first-order valence-corrected chi connectivity index (χ1v) is 9.46. The summed E-state index contributed by atoms with van der Waals surface area (Å²) in [4.78, 5) is 6.47. The SMILES string of the molecule is CCC1CCC(N)(c2nc(CC(C)C)c(C(C)C)s2)CC1. The van der Waals surface area contributed by atoms with Crippen molar-refractivity contribution in [3.63, 3.8) is 0 Å². The Morgan fingerprint density at radius 2 is 1.86 bits per heavy atom. The first kappa shape index (κ1) is 17.0. The summed E-state index contributed by atoms with van der Waals surface area (Å²) in [6.45, 7) is 11.4. The Morgan fingerprint density at radius 1 is 1.24 bits per heavy atom. The molecule has 21 heavy (non-hydrogen) atoms. The predicted molar refractivity (Wildman–Crippen MR) is 92.9 cm³/mol. The lowest BCUT2D eigenvalue weighted by atomic mass is 9.76. The number of thiazole rings is 1. The zero-order valence-corrected chi connectivity index (χ0v) is 15.2. The first-order valence-electron chi connectivity index (χ1n) is 8.64. The Labute approximate surface area is 134 Å². The van der Waals surface area contributed by atoms with Gasteiger partial charge < -0.3 is 5.73 Å². The van der Waals surface area contributed by atoms with E-state index in [1.54, 1.807) is 0 Å². The number of nitrogens with zero attached hydrogens (tertiary/aromatic N) is 1. The molecule has 0 aromatic carbocycles. The van der Waals surface area contributed by atoms with E-state index in [0.29, 0.717) is 11.8 Å². The van der Waals surface area contributed by atoms with Crippen molar-refractivity contribution in [1.82, 2.24) is 4.98 Å². The summed E-state index contributed by atoms with van der Waals surface area (Å²) in [5, 5.41) is 1.21. The van der Waals surface area contributed by atoms with Crippen LogP contribution in [-0.4, -0.2) is 4.98 Å². The molecule has 0 amide bonds. The Bertz CT molecular complexity index is 454. The van der Waals surface area contributed by atoms with Crippen LogP contribution in [0.1, 0.15) is 88.2 Å². The lowest BCUT2D eigenvalue weighted by Gasteiger charge is -2.35. The molecule has 2 N–H and O–H groups in total. The molecule has 1 aromatic rings. The third-order valence-electron chi connectivity index (χ3n) is 4.85. The van der Waals surface area contributed by atoms with Crippen molar-refractivity contribution < 1.29 is 0 Å². The lowest BCUT2D eigenvalue weighted by molar-refractivity contribution is 0.231. The Kier molecular flexibility index (Phi) is 5.48. The van der Waals surface area contributed by atoms with E-state index < -0.39 is 0 Å². The van der Waals surface area contributed by atoms with Gasteiger partial charge in [0, 0.05) is 4.88 Å². The molecule has 1 heterocycles. The normalized spacial score (nSPS) is 26.8. The molecule has 1 aliphatic carbocycles. The third kappa shape index (κ3) is 3.87. The van der Waals surface area contributed by atoms with Crippen molar-refractivity contribution in [2.45, 2.75) is 84.6 Å². The molecule has 120 valence electrons.